The van der Waals surface area contributed by atoms with Crippen molar-refractivity contribution in [2.24, 2.45) is 5.73 Å². The highest BCUT2D eigenvalue weighted by Crippen LogP contribution is 2.18. The first kappa shape index (κ1) is 27.7. The minimum absolute atomic E-state index is 0.137. The highest BCUT2D eigenvalue weighted by Gasteiger charge is 2.10. The van der Waals surface area contributed by atoms with Crippen LogP contribution in [0.15, 0.2) is 48.8 Å². The lowest BCUT2D eigenvalue weighted by molar-refractivity contribution is 0.0511. The molecule has 0 saturated heterocycles. The molecule has 1 aromatic carbocycles. The van der Waals surface area contributed by atoms with Gasteiger partial charge in [0.25, 0.3) is 5.91 Å². The van der Waals surface area contributed by atoms with Gasteiger partial charge in [0.2, 0.25) is 17.8 Å². The standard InChI is InChI=1S/C25H35N9O3/c1-18(2)30-24-32-23(29-17-19-6-9-27-10-7-19)33-25(34-24)31-21-5-3-4-20(16-21)22(35)28-11-13-37-15-14-36-12-8-26/h3-7,9-10,16,18H,8,11-15,17,26H2,1-2H3,(H,28,35)(H3,29,30,31,32,33,34). The number of hydrogen-bond donors (Lipinski definition) is 5. The maximum atomic E-state index is 12.6. The first-order chi connectivity index (χ1) is 18.0. The van der Waals surface area contributed by atoms with Crippen LogP contribution in [0.2, 0.25) is 0 Å². The van der Waals surface area contributed by atoms with Gasteiger partial charge in [-0.1, -0.05) is 6.07 Å². The molecule has 0 aliphatic rings. The van der Waals surface area contributed by atoms with Crippen molar-refractivity contribution < 1.29 is 14.3 Å². The van der Waals surface area contributed by atoms with Gasteiger partial charge in [0.05, 0.1) is 26.4 Å². The number of hydrogen-bond acceptors (Lipinski definition) is 11. The Kier molecular flexibility index (Phi) is 11.5. The third-order valence-electron chi connectivity index (χ3n) is 4.80. The van der Waals surface area contributed by atoms with Crippen LogP contribution >= 0.6 is 0 Å². The van der Waals surface area contributed by atoms with Crippen LogP contribution in [0.4, 0.5) is 23.5 Å². The smallest absolute Gasteiger partial charge is 0.251 e. The number of rotatable bonds is 16. The fraction of sp³-hybridized carbons (Fsp3) is 0.400. The van der Waals surface area contributed by atoms with Crippen LogP contribution in [0.1, 0.15) is 29.8 Å². The molecule has 6 N–H and O–H groups in total. The zero-order valence-corrected chi connectivity index (χ0v) is 21.2. The number of aromatic nitrogens is 4. The van der Waals surface area contributed by atoms with Gasteiger partial charge >= 0.3 is 0 Å². The molecule has 1 amide bonds. The summed E-state index contributed by atoms with van der Waals surface area (Å²) < 4.78 is 10.7. The summed E-state index contributed by atoms with van der Waals surface area (Å²) >= 11 is 0. The summed E-state index contributed by atoms with van der Waals surface area (Å²) in [6.45, 7) is 7.24. The number of carbonyl (C=O) groups is 1. The molecule has 0 aliphatic carbocycles. The van der Waals surface area contributed by atoms with Crippen LogP contribution in [0, 0.1) is 0 Å². The van der Waals surface area contributed by atoms with Crippen molar-refractivity contribution in [2.45, 2.75) is 26.4 Å². The number of ether oxygens (including phenoxy) is 2. The van der Waals surface area contributed by atoms with Crippen molar-refractivity contribution in [2.75, 3.05) is 55.5 Å². The van der Waals surface area contributed by atoms with Crippen molar-refractivity contribution in [1.29, 1.82) is 0 Å². The maximum Gasteiger partial charge on any atom is 0.251 e. The van der Waals surface area contributed by atoms with Crippen LogP contribution in [0.25, 0.3) is 0 Å². The number of nitrogens with one attached hydrogen (secondary N) is 4. The van der Waals surface area contributed by atoms with Crippen molar-refractivity contribution in [1.82, 2.24) is 25.3 Å². The Morgan fingerprint density at radius 1 is 0.946 bits per heavy atom. The van der Waals surface area contributed by atoms with Gasteiger partial charge in [0.15, 0.2) is 0 Å². The predicted octanol–water partition coefficient (Wildman–Crippen LogP) is 2.16. The first-order valence-electron chi connectivity index (χ1n) is 12.2. The Labute approximate surface area is 216 Å². The second-order valence-corrected chi connectivity index (χ2v) is 8.29. The zero-order valence-electron chi connectivity index (χ0n) is 21.2. The first-order valence-corrected chi connectivity index (χ1v) is 12.2. The van der Waals surface area contributed by atoms with Crippen molar-refractivity contribution in [3.8, 4) is 0 Å². The van der Waals surface area contributed by atoms with Crippen LogP contribution in [-0.2, 0) is 16.0 Å². The van der Waals surface area contributed by atoms with Gasteiger partial charge in [-0.15, -0.1) is 0 Å². The molecule has 12 nitrogen and oxygen atoms in total. The lowest BCUT2D eigenvalue weighted by Gasteiger charge is -2.13. The molecule has 0 atom stereocenters. The summed E-state index contributed by atoms with van der Waals surface area (Å²) in [4.78, 5) is 30.0. The number of amides is 1. The SMILES string of the molecule is CC(C)Nc1nc(NCc2ccncc2)nc(Nc2cccc(C(=O)NCCOCCOCCN)c2)n1. The third kappa shape index (κ3) is 10.3. The van der Waals surface area contributed by atoms with Gasteiger partial charge in [-0.2, -0.15) is 15.0 Å². The molecule has 12 heteroatoms. The largest absolute Gasteiger partial charge is 0.378 e. The molecule has 0 radical (unpaired) electrons. The number of nitrogens with zero attached hydrogens (tertiary/aromatic N) is 4. The van der Waals surface area contributed by atoms with Gasteiger partial charge in [-0.25, -0.2) is 0 Å². The van der Waals surface area contributed by atoms with E-state index in [9.17, 15) is 4.79 Å². The van der Waals surface area contributed by atoms with E-state index in [0.29, 0.717) is 75.2 Å². The van der Waals surface area contributed by atoms with E-state index < -0.39 is 0 Å². The van der Waals surface area contributed by atoms with E-state index in [0.717, 1.165) is 5.56 Å². The van der Waals surface area contributed by atoms with Crippen LogP contribution in [0.3, 0.4) is 0 Å². The molecule has 3 aromatic rings. The minimum atomic E-state index is -0.204. The Hall–Kier alpha value is -3.87. The quantitative estimate of drug-likeness (QED) is 0.180. The molecule has 37 heavy (non-hydrogen) atoms. The zero-order chi connectivity index (χ0) is 26.3. The monoisotopic (exact) mass is 509 g/mol. The van der Waals surface area contributed by atoms with Gasteiger partial charge in [0.1, 0.15) is 0 Å². The highest BCUT2D eigenvalue weighted by molar-refractivity contribution is 5.95. The predicted molar refractivity (Wildman–Crippen MR) is 143 cm³/mol. The second-order valence-electron chi connectivity index (χ2n) is 8.29. The summed E-state index contributed by atoms with van der Waals surface area (Å²) in [5.74, 6) is 0.995. The molecule has 0 spiro atoms. The van der Waals surface area contributed by atoms with Crippen molar-refractivity contribution in [3.05, 3.63) is 59.9 Å². The van der Waals surface area contributed by atoms with Crippen molar-refractivity contribution >= 4 is 29.4 Å². The fourth-order valence-electron chi connectivity index (χ4n) is 3.13. The molecule has 198 valence electrons. The molecule has 0 saturated carbocycles. The van der Waals surface area contributed by atoms with Crippen LogP contribution in [0.5, 0.6) is 0 Å². The highest BCUT2D eigenvalue weighted by atomic mass is 16.5. The normalized spacial score (nSPS) is 10.8. The molecule has 0 fully saturated rings. The van der Waals surface area contributed by atoms with Crippen LogP contribution < -0.4 is 27.0 Å². The lowest BCUT2D eigenvalue weighted by atomic mass is 10.2. The molecule has 2 heterocycles. The third-order valence-corrected chi connectivity index (χ3v) is 4.80. The number of benzene rings is 1. The number of nitrogens with two attached hydrogens (primary N) is 1. The average molecular weight is 510 g/mol. The van der Waals surface area contributed by atoms with E-state index in [1.807, 2.05) is 32.0 Å². The molecule has 0 unspecified atom stereocenters. The molecule has 2 aromatic heterocycles. The summed E-state index contributed by atoms with van der Waals surface area (Å²) in [5.41, 5.74) is 7.58. The van der Waals surface area contributed by atoms with Gasteiger partial charge < -0.3 is 36.5 Å². The lowest BCUT2D eigenvalue weighted by Crippen LogP contribution is -2.27. The van der Waals surface area contributed by atoms with E-state index in [-0.39, 0.29) is 11.9 Å². The number of pyridine rings is 1. The molecular weight excluding hydrogens is 474 g/mol. The van der Waals surface area contributed by atoms with E-state index in [1.165, 1.54) is 0 Å². The number of carbonyl (C=O) groups excluding carboxylic acids is 1. The summed E-state index contributed by atoms with van der Waals surface area (Å²) in [6.07, 6.45) is 3.47. The van der Waals surface area contributed by atoms with E-state index in [1.54, 1.807) is 30.6 Å². The Morgan fingerprint density at radius 2 is 1.68 bits per heavy atom. The summed E-state index contributed by atoms with van der Waals surface area (Å²) in [7, 11) is 0. The minimum Gasteiger partial charge on any atom is -0.378 e. The topological polar surface area (TPSA) is 161 Å². The molecule has 0 bridgehead atoms. The molecule has 0 aliphatic heterocycles. The fourth-order valence-corrected chi connectivity index (χ4v) is 3.13. The Balaban J connectivity index is 1.59. The molecular formula is C25H35N9O3. The van der Waals surface area contributed by atoms with Crippen molar-refractivity contribution in [3.63, 3.8) is 0 Å². The van der Waals surface area contributed by atoms with E-state index in [2.05, 4.69) is 41.2 Å². The van der Waals surface area contributed by atoms with Gasteiger partial charge in [0, 0.05) is 49.3 Å². The molecule has 3 rings (SSSR count). The number of anilines is 4. The maximum absolute atomic E-state index is 12.6. The van der Waals surface area contributed by atoms with Gasteiger partial charge in [-0.3, -0.25) is 9.78 Å². The Bertz CT molecular complexity index is 1100. The van der Waals surface area contributed by atoms with E-state index >= 15 is 0 Å². The Morgan fingerprint density at radius 3 is 2.43 bits per heavy atom. The average Bonchev–Trinajstić information content (AvgIpc) is 2.89. The summed E-state index contributed by atoms with van der Waals surface area (Å²) in [5, 5.41) is 12.4. The van der Waals surface area contributed by atoms with E-state index in [4.69, 9.17) is 15.2 Å². The summed E-state index contributed by atoms with van der Waals surface area (Å²) in [6, 6.07) is 11.1. The van der Waals surface area contributed by atoms with Crippen LogP contribution in [-0.4, -0.2) is 71.4 Å². The second kappa shape index (κ2) is 15.3. The van der Waals surface area contributed by atoms with Gasteiger partial charge in [-0.05, 0) is 49.7 Å².